The summed E-state index contributed by atoms with van der Waals surface area (Å²) in [6.07, 6.45) is 1.53. The normalized spacial score (nSPS) is 9.76. The molecule has 1 aromatic heterocycles. The lowest BCUT2D eigenvalue weighted by Gasteiger charge is -2.07. The number of carbonyl (C=O) groups is 1. The van der Waals surface area contributed by atoms with E-state index in [1.54, 1.807) is 31.3 Å². The topological polar surface area (TPSA) is 89.0 Å². The maximum Gasteiger partial charge on any atom is 0.363 e. The zero-order valence-corrected chi connectivity index (χ0v) is 11.1. The van der Waals surface area contributed by atoms with Crippen LogP contribution in [0.1, 0.15) is 24.2 Å². The van der Waals surface area contributed by atoms with Crippen molar-refractivity contribution in [3.05, 3.63) is 40.3 Å². The Kier molecular flexibility index (Phi) is 6.19. The van der Waals surface area contributed by atoms with Crippen molar-refractivity contribution in [3.8, 4) is 5.75 Å². The Morgan fingerprint density at radius 2 is 2.29 bits per heavy atom. The van der Waals surface area contributed by atoms with Crippen molar-refractivity contribution in [1.29, 1.82) is 0 Å². The van der Waals surface area contributed by atoms with E-state index in [9.17, 15) is 9.59 Å². The maximum absolute atomic E-state index is 11.0. The molecule has 21 heavy (non-hydrogen) atoms. The number of hydrogen-bond donors (Lipinski definition) is 2. The number of hydrogen-bond acceptors (Lipinski definition) is 5. The largest absolute Gasteiger partial charge is 0.494 e. The van der Waals surface area contributed by atoms with E-state index in [1.807, 2.05) is 0 Å². The molecular formula is C14H20N4O3. The molecule has 0 amide bonds. The summed E-state index contributed by atoms with van der Waals surface area (Å²) < 4.78 is 7.05. The van der Waals surface area contributed by atoms with Gasteiger partial charge in [0, 0.05) is 19.2 Å². The van der Waals surface area contributed by atoms with Crippen LogP contribution in [0, 0.1) is 0 Å². The second-order valence-electron chi connectivity index (χ2n) is 4.23. The second-order valence-corrected chi connectivity index (χ2v) is 4.23. The van der Waals surface area contributed by atoms with E-state index in [0.717, 1.165) is 12.7 Å². The number of aryl methyl sites for hydroxylation is 1. The van der Waals surface area contributed by atoms with Gasteiger partial charge in [-0.2, -0.15) is 4.98 Å². The number of rotatable bonds is 7. The number of aldehydes is 1. The molecule has 1 heterocycles. The van der Waals surface area contributed by atoms with E-state index >= 15 is 0 Å². The molecule has 0 aliphatic rings. The summed E-state index contributed by atoms with van der Waals surface area (Å²) >= 11 is 0. The van der Waals surface area contributed by atoms with Crippen molar-refractivity contribution in [3.63, 3.8) is 0 Å². The molecule has 7 heteroatoms. The zero-order chi connectivity index (χ0) is 14.4. The first-order valence-corrected chi connectivity index (χ1v) is 6.24. The molecule has 2 aromatic rings. The Labute approximate surface area is 122 Å². The van der Waals surface area contributed by atoms with Crippen LogP contribution < -0.4 is 15.7 Å². The van der Waals surface area contributed by atoms with Crippen LogP contribution in [0.15, 0.2) is 29.1 Å². The molecule has 0 aliphatic carbocycles. The minimum absolute atomic E-state index is 0. The molecule has 0 saturated carbocycles. The van der Waals surface area contributed by atoms with Crippen molar-refractivity contribution < 1.29 is 9.53 Å². The third-order valence-electron chi connectivity index (χ3n) is 2.66. The first-order valence-electron chi connectivity index (χ1n) is 6.24. The molecule has 0 atom stereocenters. The molecule has 0 saturated heterocycles. The lowest BCUT2D eigenvalue weighted by Crippen LogP contribution is -2.10. The Balaban J connectivity index is 0.00000220. The van der Waals surface area contributed by atoms with Gasteiger partial charge < -0.3 is 10.1 Å². The molecule has 0 spiro atoms. The first kappa shape index (κ1) is 16.5. The zero-order valence-electron chi connectivity index (χ0n) is 11.1. The number of aromatic amines is 1. The number of H-pyrrole nitrogens is 1. The minimum Gasteiger partial charge on any atom is -0.494 e. The standard InChI is InChI=1S/C13H16N4O3.CH4/c1-17-12(15-13(19)16-17)14-6-3-7-20-11-5-2-4-10(8-11)9-18;/h2,4-5,8-9H,3,6-7H2,1H3,(H2,14,15,16,19);1H4. The quantitative estimate of drug-likeness (QED) is 0.595. The fraction of sp³-hybridized carbons (Fsp3) is 0.357. The van der Waals surface area contributed by atoms with Crippen LogP contribution in [-0.2, 0) is 7.05 Å². The number of nitrogens with zero attached hydrogens (tertiary/aromatic N) is 2. The molecule has 7 nitrogen and oxygen atoms in total. The number of carbonyl (C=O) groups excluding carboxylic acids is 1. The van der Waals surface area contributed by atoms with Gasteiger partial charge in [-0.05, 0) is 18.6 Å². The van der Waals surface area contributed by atoms with Gasteiger partial charge in [-0.25, -0.2) is 9.89 Å². The summed E-state index contributed by atoms with van der Waals surface area (Å²) in [6, 6.07) is 6.99. The third kappa shape index (κ3) is 4.79. The monoisotopic (exact) mass is 292 g/mol. The Bertz CT molecular complexity index is 633. The van der Waals surface area contributed by atoms with Crippen LogP contribution in [0.4, 0.5) is 5.95 Å². The average molecular weight is 292 g/mol. The Hall–Kier alpha value is -2.57. The van der Waals surface area contributed by atoms with Crippen LogP contribution in [0.25, 0.3) is 0 Å². The van der Waals surface area contributed by atoms with Gasteiger partial charge in [0.05, 0.1) is 6.61 Å². The number of anilines is 1. The second kappa shape index (κ2) is 7.88. The number of benzene rings is 1. The third-order valence-corrected chi connectivity index (χ3v) is 2.66. The Morgan fingerprint density at radius 3 is 2.95 bits per heavy atom. The fourth-order valence-corrected chi connectivity index (χ4v) is 1.69. The van der Waals surface area contributed by atoms with Crippen molar-refractivity contribution in [2.45, 2.75) is 13.8 Å². The fourth-order valence-electron chi connectivity index (χ4n) is 1.69. The molecule has 0 aliphatic heterocycles. The number of aromatic nitrogens is 3. The van der Waals surface area contributed by atoms with E-state index in [4.69, 9.17) is 4.74 Å². The van der Waals surface area contributed by atoms with Crippen LogP contribution in [0.3, 0.4) is 0 Å². The average Bonchev–Trinajstić information content (AvgIpc) is 2.77. The molecule has 0 bridgehead atoms. The van der Waals surface area contributed by atoms with E-state index in [-0.39, 0.29) is 13.1 Å². The van der Waals surface area contributed by atoms with Gasteiger partial charge in [-0.15, -0.1) is 0 Å². The number of nitrogens with one attached hydrogen (secondary N) is 2. The van der Waals surface area contributed by atoms with Crippen LogP contribution >= 0.6 is 0 Å². The van der Waals surface area contributed by atoms with Crippen LogP contribution in [-0.4, -0.2) is 34.2 Å². The lowest BCUT2D eigenvalue weighted by atomic mass is 10.2. The van der Waals surface area contributed by atoms with Gasteiger partial charge in [-0.3, -0.25) is 9.48 Å². The lowest BCUT2D eigenvalue weighted by molar-refractivity contribution is 0.112. The van der Waals surface area contributed by atoms with Crippen molar-refractivity contribution in [2.24, 2.45) is 7.05 Å². The summed E-state index contributed by atoms with van der Waals surface area (Å²) in [6.45, 7) is 1.14. The van der Waals surface area contributed by atoms with Crippen LogP contribution in [0.5, 0.6) is 5.75 Å². The molecule has 2 N–H and O–H groups in total. The van der Waals surface area contributed by atoms with Gasteiger partial charge in [0.15, 0.2) is 0 Å². The first-order chi connectivity index (χ1) is 9.69. The highest BCUT2D eigenvalue weighted by Crippen LogP contribution is 2.12. The summed E-state index contributed by atoms with van der Waals surface area (Å²) in [4.78, 5) is 25.3. The summed E-state index contributed by atoms with van der Waals surface area (Å²) in [5.74, 6) is 1.17. The predicted molar refractivity (Wildman–Crippen MR) is 81.0 cm³/mol. The van der Waals surface area contributed by atoms with Gasteiger partial charge in [0.2, 0.25) is 5.95 Å². The summed E-state index contributed by atoms with van der Waals surface area (Å²) in [7, 11) is 1.71. The molecule has 0 unspecified atom stereocenters. The summed E-state index contributed by atoms with van der Waals surface area (Å²) in [5.41, 5.74) is 0.212. The highest BCUT2D eigenvalue weighted by atomic mass is 16.5. The van der Waals surface area contributed by atoms with E-state index < -0.39 is 0 Å². The van der Waals surface area contributed by atoms with Gasteiger partial charge in [-0.1, -0.05) is 19.6 Å². The van der Waals surface area contributed by atoms with Crippen LogP contribution in [0.2, 0.25) is 0 Å². The van der Waals surface area contributed by atoms with Gasteiger partial charge in [0.1, 0.15) is 12.0 Å². The van der Waals surface area contributed by atoms with Crippen molar-refractivity contribution in [1.82, 2.24) is 14.8 Å². The summed E-state index contributed by atoms with van der Waals surface area (Å²) in [5, 5.41) is 5.54. The van der Waals surface area contributed by atoms with Gasteiger partial charge in [0.25, 0.3) is 0 Å². The van der Waals surface area contributed by atoms with E-state index in [2.05, 4.69) is 15.4 Å². The molecule has 0 fully saturated rings. The predicted octanol–water partition coefficient (Wildman–Crippen LogP) is 1.44. The SMILES string of the molecule is C.Cn1[nH]c(=O)nc1NCCCOc1cccc(C=O)c1. The highest BCUT2D eigenvalue weighted by molar-refractivity contribution is 5.75. The highest BCUT2D eigenvalue weighted by Gasteiger charge is 2.01. The molecule has 2 rings (SSSR count). The molecular weight excluding hydrogens is 272 g/mol. The molecule has 114 valence electrons. The van der Waals surface area contributed by atoms with Gasteiger partial charge >= 0.3 is 5.69 Å². The maximum atomic E-state index is 11.0. The van der Waals surface area contributed by atoms with Crippen molar-refractivity contribution in [2.75, 3.05) is 18.5 Å². The number of ether oxygens (including phenoxy) is 1. The van der Waals surface area contributed by atoms with E-state index in [1.165, 1.54) is 4.68 Å². The van der Waals surface area contributed by atoms with E-state index in [0.29, 0.717) is 30.4 Å². The molecule has 0 radical (unpaired) electrons. The molecule has 1 aromatic carbocycles. The minimum atomic E-state index is -0.378. The van der Waals surface area contributed by atoms with Crippen molar-refractivity contribution >= 4 is 12.2 Å². The Morgan fingerprint density at radius 1 is 1.48 bits per heavy atom. The smallest absolute Gasteiger partial charge is 0.363 e.